The van der Waals surface area contributed by atoms with Crippen molar-refractivity contribution >= 4 is 5.69 Å². The maximum absolute atomic E-state index is 5.85. The van der Waals surface area contributed by atoms with Crippen LogP contribution in [0.5, 0.6) is 0 Å². The second-order valence-electron chi connectivity index (χ2n) is 2.95. The highest BCUT2D eigenvalue weighted by Gasteiger charge is 1.98. The number of rotatable bonds is 1. The average molecular weight is 203 g/mol. The smallest absolute Gasteiger partial charge is 0.0393 e. The van der Waals surface area contributed by atoms with Gasteiger partial charge in [-0.2, -0.15) is 0 Å². The molecule has 15 heavy (non-hydrogen) atoms. The Morgan fingerprint density at radius 1 is 0.667 bits per heavy atom. The van der Waals surface area contributed by atoms with E-state index in [4.69, 9.17) is 5.73 Å². The summed E-state index contributed by atoms with van der Waals surface area (Å²) in [5, 5.41) is 0. The number of hydrogen-bond donors (Lipinski definition) is 3. The minimum Gasteiger partial charge on any atom is -0.398 e. The molecule has 2 aromatic rings. The molecule has 0 bridgehead atoms. The Morgan fingerprint density at radius 2 is 1.20 bits per heavy atom. The van der Waals surface area contributed by atoms with Gasteiger partial charge in [0.05, 0.1) is 0 Å². The summed E-state index contributed by atoms with van der Waals surface area (Å²) in [7, 11) is 0. The highest BCUT2D eigenvalue weighted by Crippen LogP contribution is 2.24. The van der Waals surface area contributed by atoms with E-state index >= 15 is 0 Å². The predicted molar refractivity (Wildman–Crippen MR) is 66.3 cm³/mol. The Bertz CT molecular complexity index is 399. The third kappa shape index (κ3) is 2.80. The molecule has 0 aromatic heterocycles. The van der Waals surface area contributed by atoms with Gasteiger partial charge >= 0.3 is 0 Å². The summed E-state index contributed by atoms with van der Waals surface area (Å²) in [5.41, 5.74) is 8.95. The van der Waals surface area contributed by atoms with Gasteiger partial charge in [-0.15, -0.1) is 0 Å². The highest BCUT2D eigenvalue weighted by atomic mass is 14.6. The number of hydrogen-bond acceptors (Lipinski definition) is 3. The van der Waals surface area contributed by atoms with E-state index in [0.29, 0.717) is 0 Å². The van der Waals surface area contributed by atoms with Gasteiger partial charge in [-0.05, 0) is 11.6 Å². The van der Waals surface area contributed by atoms with Gasteiger partial charge < -0.3 is 18.0 Å². The van der Waals surface area contributed by atoms with Crippen LogP contribution in [0.2, 0.25) is 0 Å². The summed E-state index contributed by atoms with van der Waals surface area (Å²) in [5.74, 6) is 0. The minimum absolute atomic E-state index is 0. The van der Waals surface area contributed by atoms with Crippen LogP contribution in [-0.2, 0) is 0 Å². The van der Waals surface area contributed by atoms with Crippen molar-refractivity contribution in [2.75, 3.05) is 5.73 Å². The first-order valence-corrected chi connectivity index (χ1v) is 4.28. The molecule has 0 heterocycles. The molecule has 80 valence electrons. The molecule has 0 saturated carbocycles. The van der Waals surface area contributed by atoms with E-state index < -0.39 is 0 Å². The summed E-state index contributed by atoms with van der Waals surface area (Å²) >= 11 is 0. The lowest BCUT2D eigenvalue weighted by atomic mass is 10.0. The van der Waals surface area contributed by atoms with Crippen LogP contribution in [-0.4, -0.2) is 0 Å². The standard InChI is InChI=1S/C12H11N.2H3N/c13-12-9-5-4-8-11(12)10-6-2-1-3-7-10;;/h1-9H,13H2;2*1H3. The molecule has 8 N–H and O–H groups in total. The van der Waals surface area contributed by atoms with Gasteiger partial charge in [-0.3, -0.25) is 0 Å². The van der Waals surface area contributed by atoms with Crippen molar-refractivity contribution in [3.05, 3.63) is 54.6 Å². The van der Waals surface area contributed by atoms with Crippen molar-refractivity contribution in [1.82, 2.24) is 12.3 Å². The molecule has 0 unspecified atom stereocenters. The fourth-order valence-electron chi connectivity index (χ4n) is 1.38. The van der Waals surface area contributed by atoms with E-state index in [1.54, 1.807) is 0 Å². The van der Waals surface area contributed by atoms with Crippen LogP contribution in [0.15, 0.2) is 54.6 Å². The highest BCUT2D eigenvalue weighted by molar-refractivity contribution is 5.75. The van der Waals surface area contributed by atoms with Gasteiger partial charge in [0.1, 0.15) is 0 Å². The SMILES string of the molecule is N.N.Nc1ccccc1-c1ccccc1. The third-order valence-electron chi connectivity index (χ3n) is 2.05. The fraction of sp³-hybridized carbons (Fsp3) is 0. The van der Waals surface area contributed by atoms with Crippen molar-refractivity contribution < 1.29 is 0 Å². The maximum Gasteiger partial charge on any atom is 0.0393 e. The zero-order valence-corrected chi connectivity index (χ0v) is 8.69. The Kier molecular flexibility index (Phi) is 5.09. The largest absolute Gasteiger partial charge is 0.398 e. The number of benzene rings is 2. The van der Waals surface area contributed by atoms with Crippen molar-refractivity contribution in [3.8, 4) is 11.1 Å². The molecule has 0 aliphatic carbocycles. The van der Waals surface area contributed by atoms with Crippen LogP contribution in [0.1, 0.15) is 0 Å². The van der Waals surface area contributed by atoms with E-state index in [9.17, 15) is 0 Å². The summed E-state index contributed by atoms with van der Waals surface area (Å²) in [6, 6.07) is 18.1. The van der Waals surface area contributed by atoms with Crippen LogP contribution in [0, 0.1) is 0 Å². The van der Waals surface area contributed by atoms with Gasteiger partial charge in [-0.25, -0.2) is 0 Å². The molecular formula is C12H17N3. The lowest BCUT2D eigenvalue weighted by molar-refractivity contribution is 1.61. The van der Waals surface area contributed by atoms with Crippen LogP contribution in [0.3, 0.4) is 0 Å². The molecular weight excluding hydrogens is 186 g/mol. The first-order valence-electron chi connectivity index (χ1n) is 4.28. The normalized spacial score (nSPS) is 8.53. The molecule has 0 spiro atoms. The molecule has 3 nitrogen and oxygen atoms in total. The Labute approximate surface area is 90.1 Å². The molecule has 2 aromatic carbocycles. The molecule has 0 atom stereocenters. The minimum atomic E-state index is 0. The van der Waals surface area contributed by atoms with Crippen LogP contribution in [0.4, 0.5) is 5.69 Å². The second-order valence-corrected chi connectivity index (χ2v) is 2.95. The fourth-order valence-corrected chi connectivity index (χ4v) is 1.38. The second kappa shape index (κ2) is 5.80. The molecule has 0 fully saturated rings. The summed E-state index contributed by atoms with van der Waals surface area (Å²) in [6.45, 7) is 0. The summed E-state index contributed by atoms with van der Waals surface area (Å²) in [4.78, 5) is 0. The van der Waals surface area contributed by atoms with E-state index in [1.165, 1.54) is 5.56 Å². The topological polar surface area (TPSA) is 96.0 Å². The summed E-state index contributed by atoms with van der Waals surface area (Å²) in [6.07, 6.45) is 0. The Morgan fingerprint density at radius 3 is 1.80 bits per heavy atom. The monoisotopic (exact) mass is 203 g/mol. The van der Waals surface area contributed by atoms with E-state index in [0.717, 1.165) is 11.3 Å². The van der Waals surface area contributed by atoms with Crippen LogP contribution < -0.4 is 18.0 Å². The van der Waals surface area contributed by atoms with Gasteiger partial charge in [-0.1, -0.05) is 48.5 Å². The van der Waals surface area contributed by atoms with E-state index in [1.807, 2.05) is 42.5 Å². The maximum atomic E-state index is 5.85. The van der Waals surface area contributed by atoms with Gasteiger partial charge in [0.25, 0.3) is 0 Å². The Hall–Kier alpha value is -1.84. The quantitative estimate of drug-likeness (QED) is 0.620. The molecule has 0 radical (unpaired) electrons. The lowest BCUT2D eigenvalue weighted by Gasteiger charge is -2.03. The Balaban J connectivity index is 0.000000980. The van der Waals surface area contributed by atoms with Gasteiger partial charge in [0, 0.05) is 11.3 Å². The van der Waals surface area contributed by atoms with Crippen molar-refractivity contribution in [2.45, 2.75) is 0 Å². The predicted octanol–water partition coefficient (Wildman–Crippen LogP) is 3.26. The van der Waals surface area contributed by atoms with Gasteiger partial charge in [0.15, 0.2) is 0 Å². The molecule has 0 saturated heterocycles. The van der Waals surface area contributed by atoms with Crippen molar-refractivity contribution in [3.63, 3.8) is 0 Å². The first-order chi connectivity index (χ1) is 6.38. The molecule has 3 heteroatoms. The van der Waals surface area contributed by atoms with Crippen molar-refractivity contribution in [1.29, 1.82) is 0 Å². The number of nitrogen functional groups attached to an aromatic ring is 1. The van der Waals surface area contributed by atoms with Crippen LogP contribution >= 0.6 is 0 Å². The van der Waals surface area contributed by atoms with E-state index in [-0.39, 0.29) is 12.3 Å². The molecule has 0 aliphatic heterocycles. The number of nitrogens with two attached hydrogens (primary N) is 1. The third-order valence-corrected chi connectivity index (χ3v) is 2.05. The molecule has 0 aliphatic rings. The average Bonchev–Trinajstić information content (AvgIpc) is 2.20. The zero-order chi connectivity index (χ0) is 9.10. The molecule has 0 amide bonds. The number of para-hydroxylation sites is 1. The van der Waals surface area contributed by atoms with Gasteiger partial charge in [0.2, 0.25) is 0 Å². The first kappa shape index (κ1) is 13.2. The van der Waals surface area contributed by atoms with E-state index in [2.05, 4.69) is 12.1 Å². The van der Waals surface area contributed by atoms with Crippen LogP contribution in [0.25, 0.3) is 11.1 Å². The lowest BCUT2D eigenvalue weighted by Crippen LogP contribution is -1.88. The van der Waals surface area contributed by atoms with Crippen molar-refractivity contribution in [2.24, 2.45) is 0 Å². The number of anilines is 1. The molecule has 2 rings (SSSR count). The summed E-state index contributed by atoms with van der Waals surface area (Å²) < 4.78 is 0. The zero-order valence-electron chi connectivity index (χ0n) is 8.69.